The Morgan fingerprint density at radius 3 is 2.35 bits per heavy atom. The van der Waals surface area contributed by atoms with Crippen molar-refractivity contribution in [3.8, 4) is 0 Å². The molecule has 0 amide bonds. The summed E-state index contributed by atoms with van der Waals surface area (Å²) in [5.74, 6) is 0.802. The van der Waals surface area contributed by atoms with Crippen molar-refractivity contribution in [2.75, 3.05) is 33.2 Å². The number of hydrogen-bond acceptors (Lipinski definition) is 5. The lowest BCUT2D eigenvalue weighted by molar-refractivity contribution is 0.101. The third-order valence-electron chi connectivity index (χ3n) is 3.07. The SMILES string of the molecule is CC(=O)c1cnc(CN2CCN(C)CC2)nc1. The maximum Gasteiger partial charge on any atom is 0.162 e. The first kappa shape index (κ1) is 12.1. The summed E-state index contributed by atoms with van der Waals surface area (Å²) < 4.78 is 0. The van der Waals surface area contributed by atoms with E-state index in [4.69, 9.17) is 0 Å². The molecule has 5 nitrogen and oxygen atoms in total. The minimum atomic E-state index is 0.0103. The van der Waals surface area contributed by atoms with E-state index in [9.17, 15) is 4.79 Å². The molecule has 1 aromatic heterocycles. The minimum Gasteiger partial charge on any atom is -0.304 e. The molecule has 0 atom stereocenters. The smallest absolute Gasteiger partial charge is 0.162 e. The lowest BCUT2D eigenvalue weighted by Crippen LogP contribution is -2.44. The fourth-order valence-corrected chi connectivity index (χ4v) is 1.82. The zero-order chi connectivity index (χ0) is 12.3. The number of aromatic nitrogens is 2. The number of carbonyl (C=O) groups is 1. The summed E-state index contributed by atoms with van der Waals surface area (Å²) in [6.45, 7) is 6.57. The second-order valence-electron chi connectivity index (χ2n) is 4.52. The highest BCUT2D eigenvalue weighted by atomic mass is 16.1. The second-order valence-corrected chi connectivity index (χ2v) is 4.52. The fraction of sp³-hybridized carbons (Fsp3) is 0.583. The summed E-state index contributed by atoms with van der Waals surface area (Å²) in [6, 6.07) is 0. The van der Waals surface area contributed by atoms with Gasteiger partial charge in [0.15, 0.2) is 5.78 Å². The maximum atomic E-state index is 11.1. The van der Waals surface area contributed by atoms with E-state index in [1.54, 1.807) is 12.4 Å². The molecule has 1 aromatic rings. The molecule has 5 heteroatoms. The van der Waals surface area contributed by atoms with Crippen LogP contribution in [0.15, 0.2) is 12.4 Å². The molecule has 0 radical (unpaired) electrons. The van der Waals surface area contributed by atoms with Crippen LogP contribution in [0.25, 0.3) is 0 Å². The number of likely N-dealkylation sites (N-methyl/N-ethyl adjacent to an activating group) is 1. The van der Waals surface area contributed by atoms with Gasteiger partial charge in [0, 0.05) is 38.6 Å². The molecule has 1 aliphatic rings. The Morgan fingerprint density at radius 1 is 1.24 bits per heavy atom. The van der Waals surface area contributed by atoms with E-state index in [0.29, 0.717) is 5.56 Å². The first-order valence-electron chi connectivity index (χ1n) is 5.88. The number of rotatable bonds is 3. The van der Waals surface area contributed by atoms with Crippen LogP contribution in [-0.2, 0) is 6.54 Å². The maximum absolute atomic E-state index is 11.1. The Balaban J connectivity index is 1.92. The van der Waals surface area contributed by atoms with Crippen molar-refractivity contribution in [3.05, 3.63) is 23.8 Å². The molecule has 0 spiro atoms. The second kappa shape index (κ2) is 5.33. The van der Waals surface area contributed by atoms with Gasteiger partial charge in [0.05, 0.1) is 12.1 Å². The van der Waals surface area contributed by atoms with Gasteiger partial charge in [-0.15, -0.1) is 0 Å². The molecule has 1 fully saturated rings. The van der Waals surface area contributed by atoms with Crippen LogP contribution in [0.4, 0.5) is 0 Å². The molecule has 2 heterocycles. The lowest BCUT2D eigenvalue weighted by Gasteiger charge is -2.31. The van der Waals surface area contributed by atoms with E-state index in [-0.39, 0.29) is 5.78 Å². The number of nitrogens with zero attached hydrogens (tertiary/aromatic N) is 4. The van der Waals surface area contributed by atoms with Gasteiger partial charge in [-0.2, -0.15) is 0 Å². The first-order chi connectivity index (χ1) is 8.15. The Hall–Kier alpha value is -1.33. The third kappa shape index (κ3) is 3.31. The molecule has 2 rings (SSSR count). The number of ketones is 1. The summed E-state index contributed by atoms with van der Waals surface area (Å²) in [7, 11) is 2.13. The molecular weight excluding hydrogens is 216 g/mol. The zero-order valence-corrected chi connectivity index (χ0v) is 10.4. The summed E-state index contributed by atoms with van der Waals surface area (Å²) in [5, 5.41) is 0. The van der Waals surface area contributed by atoms with Crippen molar-refractivity contribution in [1.29, 1.82) is 0 Å². The highest BCUT2D eigenvalue weighted by Gasteiger charge is 2.14. The van der Waals surface area contributed by atoms with Gasteiger partial charge in [0.1, 0.15) is 5.82 Å². The third-order valence-corrected chi connectivity index (χ3v) is 3.07. The van der Waals surface area contributed by atoms with Crippen LogP contribution in [-0.4, -0.2) is 58.8 Å². The van der Waals surface area contributed by atoms with Crippen LogP contribution in [0, 0.1) is 0 Å². The average molecular weight is 234 g/mol. The van der Waals surface area contributed by atoms with Crippen LogP contribution in [0.1, 0.15) is 23.1 Å². The number of Topliss-reactive ketones (excluding diaryl/α,β-unsaturated/α-hetero) is 1. The van der Waals surface area contributed by atoms with Crippen LogP contribution in [0.3, 0.4) is 0 Å². The lowest BCUT2D eigenvalue weighted by atomic mass is 10.2. The van der Waals surface area contributed by atoms with Crippen molar-refractivity contribution in [2.45, 2.75) is 13.5 Å². The van der Waals surface area contributed by atoms with Crippen molar-refractivity contribution >= 4 is 5.78 Å². The van der Waals surface area contributed by atoms with Gasteiger partial charge in [-0.05, 0) is 14.0 Å². The van der Waals surface area contributed by atoms with E-state index in [2.05, 4.69) is 26.8 Å². The topological polar surface area (TPSA) is 49.3 Å². The van der Waals surface area contributed by atoms with E-state index < -0.39 is 0 Å². The Kier molecular flexibility index (Phi) is 3.81. The monoisotopic (exact) mass is 234 g/mol. The number of piperazine rings is 1. The molecule has 0 unspecified atom stereocenters. The molecule has 92 valence electrons. The van der Waals surface area contributed by atoms with Crippen molar-refractivity contribution in [3.63, 3.8) is 0 Å². The van der Waals surface area contributed by atoms with Gasteiger partial charge in [0.25, 0.3) is 0 Å². The molecule has 0 N–H and O–H groups in total. The Labute approximate surface area is 101 Å². The van der Waals surface area contributed by atoms with E-state index >= 15 is 0 Å². The summed E-state index contributed by atoms with van der Waals surface area (Å²) in [6.07, 6.45) is 3.22. The summed E-state index contributed by atoms with van der Waals surface area (Å²) in [5.41, 5.74) is 0.576. The van der Waals surface area contributed by atoms with E-state index in [0.717, 1.165) is 38.5 Å². The fourth-order valence-electron chi connectivity index (χ4n) is 1.82. The molecule has 0 aliphatic carbocycles. The van der Waals surface area contributed by atoms with Gasteiger partial charge in [-0.25, -0.2) is 9.97 Å². The van der Waals surface area contributed by atoms with Crippen molar-refractivity contribution < 1.29 is 4.79 Å². The number of carbonyl (C=O) groups excluding carboxylic acids is 1. The van der Waals surface area contributed by atoms with Crippen LogP contribution in [0.5, 0.6) is 0 Å². The molecule has 1 aliphatic heterocycles. The molecule has 0 saturated carbocycles. The van der Waals surface area contributed by atoms with Gasteiger partial charge in [-0.3, -0.25) is 9.69 Å². The van der Waals surface area contributed by atoms with Crippen molar-refractivity contribution in [2.24, 2.45) is 0 Å². The van der Waals surface area contributed by atoms with Crippen molar-refractivity contribution in [1.82, 2.24) is 19.8 Å². The predicted octanol–water partition coefficient (Wildman–Crippen LogP) is 0.427. The minimum absolute atomic E-state index is 0.0103. The van der Waals surface area contributed by atoms with Crippen LogP contribution >= 0.6 is 0 Å². The van der Waals surface area contributed by atoms with Gasteiger partial charge >= 0.3 is 0 Å². The quantitative estimate of drug-likeness (QED) is 0.710. The van der Waals surface area contributed by atoms with E-state index in [1.807, 2.05) is 0 Å². The standard InChI is InChI=1S/C12H18N4O/c1-10(17)11-7-13-12(14-8-11)9-16-5-3-15(2)4-6-16/h7-8H,3-6,9H2,1-2H3. The highest BCUT2D eigenvalue weighted by molar-refractivity contribution is 5.93. The van der Waals surface area contributed by atoms with Crippen LogP contribution in [0.2, 0.25) is 0 Å². The first-order valence-corrected chi connectivity index (χ1v) is 5.88. The summed E-state index contributed by atoms with van der Waals surface area (Å²) >= 11 is 0. The zero-order valence-electron chi connectivity index (χ0n) is 10.4. The molecule has 17 heavy (non-hydrogen) atoms. The van der Waals surface area contributed by atoms with Crippen LogP contribution < -0.4 is 0 Å². The van der Waals surface area contributed by atoms with Gasteiger partial charge in [0.2, 0.25) is 0 Å². The summed E-state index contributed by atoms with van der Waals surface area (Å²) in [4.78, 5) is 24.2. The Bertz CT molecular complexity index is 382. The predicted molar refractivity (Wildman–Crippen MR) is 64.8 cm³/mol. The Morgan fingerprint density at radius 2 is 1.82 bits per heavy atom. The molecule has 0 bridgehead atoms. The molecule has 0 aromatic carbocycles. The van der Waals surface area contributed by atoms with Gasteiger partial charge in [-0.1, -0.05) is 0 Å². The average Bonchev–Trinajstić information content (AvgIpc) is 2.33. The normalized spacial score (nSPS) is 18.2. The number of hydrogen-bond donors (Lipinski definition) is 0. The van der Waals surface area contributed by atoms with E-state index in [1.165, 1.54) is 6.92 Å². The highest BCUT2D eigenvalue weighted by Crippen LogP contribution is 2.04. The van der Waals surface area contributed by atoms with Gasteiger partial charge < -0.3 is 4.90 Å². The molecular formula is C12H18N4O. The molecule has 1 saturated heterocycles. The largest absolute Gasteiger partial charge is 0.304 e.